The second-order valence-electron chi connectivity index (χ2n) is 6.73. The van der Waals surface area contributed by atoms with E-state index in [1.54, 1.807) is 0 Å². The van der Waals surface area contributed by atoms with E-state index in [9.17, 15) is 0 Å². The van der Waals surface area contributed by atoms with E-state index in [0.717, 1.165) is 13.0 Å². The third kappa shape index (κ3) is 2.80. The molecular weight excluding hydrogens is 224 g/mol. The van der Waals surface area contributed by atoms with Crippen molar-refractivity contribution in [3.63, 3.8) is 0 Å². The SMILES string of the molecule is CC1(CC2COC(C3CC=CCC3)O2)CCCC1. The molecule has 0 spiro atoms. The Morgan fingerprint density at radius 1 is 1.22 bits per heavy atom. The third-order valence-electron chi connectivity index (χ3n) is 5.00. The Bertz CT molecular complexity index is 304. The second kappa shape index (κ2) is 5.34. The molecule has 1 heterocycles. The maximum atomic E-state index is 6.17. The number of hydrogen-bond donors (Lipinski definition) is 0. The van der Waals surface area contributed by atoms with Gasteiger partial charge in [0.15, 0.2) is 6.29 Å². The lowest BCUT2D eigenvalue weighted by molar-refractivity contribution is -0.102. The standard InChI is InChI=1S/C16H26O2/c1-16(9-5-6-10-16)11-14-12-17-15(18-14)13-7-3-2-4-8-13/h2-3,13-15H,4-12H2,1H3. The fourth-order valence-corrected chi connectivity index (χ4v) is 3.87. The van der Waals surface area contributed by atoms with Crippen LogP contribution in [0.3, 0.4) is 0 Å². The van der Waals surface area contributed by atoms with Gasteiger partial charge in [0, 0.05) is 5.92 Å². The van der Waals surface area contributed by atoms with Gasteiger partial charge in [0.05, 0.1) is 12.7 Å². The van der Waals surface area contributed by atoms with Crippen LogP contribution >= 0.6 is 0 Å². The molecule has 0 N–H and O–H groups in total. The molecule has 0 radical (unpaired) electrons. The zero-order chi connectivity index (χ0) is 12.4. The van der Waals surface area contributed by atoms with Crippen LogP contribution in [0.1, 0.15) is 58.3 Å². The molecule has 1 saturated carbocycles. The average molecular weight is 250 g/mol. The quantitative estimate of drug-likeness (QED) is 0.703. The van der Waals surface area contributed by atoms with E-state index in [1.165, 1.54) is 44.9 Å². The summed E-state index contributed by atoms with van der Waals surface area (Å²) in [6.45, 7) is 3.25. The van der Waals surface area contributed by atoms with Gasteiger partial charge in [0.25, 0.3) is 0 Å². The number of rotatable bonds is 3. The third-order valence-corrected chi connectivity index (χ3v) is 5.00. The molecule has 2 fully saturated rings. The Balaban J connectivity index is 1.50. The highest BCUT2D eigenvalue weighted by molar-refractivity contribution is 4.92. The molecule has 2 heteroatoms. The van der Waals surface area contributed by atoms with Crippen LogP contribution in [0.4, 0.5) is 0 Å². The van der Waals surface area contributed by atoms with E-state index in [0.29, 0.717) is 17.4 Å². The van der Waals surface area contributed by atoms with Gasteiger partial charge < -0.3 is 9.47 Å². The summed E-state index contributed by atoms with van der Waals surface area (Å²) < 4.78 is 12.1. The molecule has 18 heavy (non-hydrogen) atoms. The zero-order valence-electron chi connectivity index (χ0n) is 11.6. The summed E-state index contributed by atoms with van der Waals surface area (Å²) in [5.41, 5.74) is 0.523. The largest absolute Gasteiger partial charge is 0.350 e. The van der Waals surface area contributed by atoms with Crippen molar-refractivity contribution in [3.8, 4) is 0 Å². The van der Waals surface area contributed by atoms with Crippen LogP contribution in [0.25, 0.3) is 0 Å². The van der Waals surface area contributed by atoms with Gasteiger partial charge in [-0.3, -0.25) is 0 Å². The molecule has 3 aliphatic rings. The van der Waals surface area contributed by atoms with Crippen molar-refractivity contribution in [3.05, 3.63) is 12.2 Å². The predicted molar refractivity (Wildman–Crippen MR) is 72.3 cm³/mol. The van der Waals surface area contributed by atoms with E-state index in [4.69, 9.17) is 9.47 Å². The second-order valence-corrected chi connectivity index (χ2v) is 6.73. The van der Waals surface area contributed by atoms with Gasteiger partial charge in [-0.25, -0.2) is 0 Å². The lowest BCUT2D eigenvalue weighted by atomic mass is 9.83. The monoisotopic (exact) mass is 250 g/mol. The molecule has 2 aliphatic carbocycles. The van der Waals surface area contributed by atoms with Gasteiger partial charge in [0.1, 0.15) is 0 Å². The Labute approximate surface area is 111 Å². The molecule has 3 atom stereocenters. The summed E-state index contributed by atoms with van der Waals surface area (Å²) in [5, 5.41) is 0. The van der Waals surface area contributed by atoms with Crippen LogP contribution in [0.15, 0.2) is 12.2 Å². The highest BCUT2D eigenvalue weighted by Crippen LogP contribution is 2.43. The molecular formula is C16H26O2. The summed E-state index contributed by atoms with van der Waals surface area (Å²) in [7, 11) is 0. The topological polar surface area (TPSA) is 18.5 Å². The van der Waals surface area contributed by atoms with Crippen LogP contribution < -0.4 is 0 Å². The lowest BCUT2D eigenvalue weighted by Gasteiger charge is -2.27. The van der Waals surface area contributed by atoms with Gasteiger partial charge in [-0.05, 0) is 43.9 Å². The fourth-order valence-electron chi connectivity index (χ4n) is 3.87. The van der Waals surface area contributed by atoms with Crippen molar-refractivity contribution in [2.24, 2.45) is 11.3 Å². The maximum absolute atomic E-state index is 6.17. The Morgan fingerprint density at radius 3 is 2.78 bits per heavy atom. The molecule has 1 saturated heterocycles. The highest BCUT2D eigenvalue weighted by Gasteiger charge is 2.38. The van der Waals surface area contributed by atoms with Crippen molar-refractivity contribution < 1.29 is 9.47 Å². The number of hydrogen-bond acceptors (Lipinski definition) is 2. The Hall–Kier alpha value is -0.340. The average Bonchev–Trinajstić information content (AvgIpc) is 3.00. The summed E-state index contributed by atoms with van der Waals surface area (Å²) in [6, 6.07) is 0. The van der Waals surface area contributed by atoms with Crippen LogP contribution in [0.5, 0.6) is 0 Å². The zero-order valence-corrected chi connectivity index (χ0v) is 11.6. The Morgan fingerprint density at radius 2 is 2.06 bits per heavy atom. The van der Waals surface area contributed by atoms with Gasteiger partial charge >= 0.3 is 0 Å². The first-order valence-corrected chi connectivity index (χ1v) is 7.67. The van der Waals surface area contributed by atoms with Gasteiger partial charge in [-0.2, -0.15) is 0 Å². The normalized spacial score (nSPS) is 39.3. The van der Waals surface area contributed by atoms with Crippen LogP contribution in [-0.2, 0) is 9.47 Å². The first kappa shape index (κ1) is 12.7. The first-order chi connectivity index (χ1) is 8.75. The van der Waals surface area contributed by atoms with E-state index < -0.39 is 0 Å². The maximum Gasteiger partial charge on any atom is 0.161 e. The minimum absolute atomic E-state index is 0.0740. The fraction of sp³-hybridized carbons (Fsp3) is 0.875. The lowest BCUT2D eigenvalue weighted by Crippen LogP contribution is -2.26. The number of allylic oxidation sites excluding steroid dienone is 2. The molecule has 0 bridgehead atoms. The molecule has 3 unspecified atom stereocenters. The van der Waals surface area contributed by atoms with Crippen molar-refractivity contribution in [2.45, 2.75) is 70.7 Å². The van der Waals surface area contributed by atoms with Crippen LogP contribution in [-0.4, -0.2) is 19.0 Å². The minimum atomic E-state index is 0.0740. The smallest absolute Gasteiger partial charge is 0.161 e. The van der Waals surface area contributed by atoms with Crippen LogP contribution in [0.2, 0.25) is 0 Å². The molecule has 0 aromatic heterocycles. The van der Waals surface area contributed by atoms with Gasteiger partial charge in [-0.15, -0.1) is 0 Å². The molecule has 0 aromatic rings. The summed E-state index contributed by atoms with van der Waals surface area (Å²) >= 11 is 0. The van der Waals surface area contributed by atoms with E-state index >= 15 is 0 Å². The minimum Gasteiger partial charge on any atom is -0.350 e. The van der Waals surface area contributed by atoms with Crippen molar-refractivity contribution in [1.82, 2.24) is 0 Å². The first-order valence-electron chi connectivity index (χ1n) is 7.67. The van der Waals surface area contributed by atoms with E-state index in [-0.39, 0.29) is 6.29 Å². The highest BCUT2D eigenvalue weighted by atomic mass is 16.7. The van der Waals surface area contributed by atoms with Crippen molar-refractivity contribution in [1.29, 1.82) is 0 Å². The predicted octanol–water partition coefficient (Wildman–Crippen LogP) is 4.05. The molecule has 102 valence electrons. The molecule has 1 aliphatic heterocycles. The summed E-state index contributed by atoms with van der Waals surface area (Å²) in [5.74, 6) is 0.594. The number of ether oxygens (including phenoxy) is 2. The summed E-state index contributed by atoms with van der Waals surface area (Å²) in [4.78, 5) is 0. The Kier molecular flexibility index (Phi) is 3.76. The van der Waals surface area contributed by atoms with Gasteiger partial charge in [-0.1, -0.05) is 31.9 Å². The molecule has 3 rings (SSSR count). The molecule has 0 amide bonds. The molecule has 0 aromatic carbocycles. The van der Waals surface area contributed by atoms with E-state index in [2.05, 4.69) is 19.1 Å². The van der Waals surface area contributed by atoms with Crippen molar-refractivity contribution in [2.75, 3.05) is 6.61 Å². The van der Waals surface area contributed by atoms with Gasteiger partial charge in [0.2, 0.25) is 0 Å². The van der Waals surface area contributed by atoms with Crippen molar-refractivity contribution >= 4 is 0 Å². The van der Waals surface area contributed by atoms with E-state index in [1.807, 2.05) is 0 Å². The summed E-state index contributed by atoms with van der Waals surface area (Å²) in [6.07, 6.45) is 15.3. The van der Waals surface area contributed by atoms with Crippen LogP contribution in [0, 0.1) is 11.3 Å². The molecule has 2 nitrogen and oxygen atoms in total.